The molecule has 0 saturated carbocycles. The van der Waals surface area contributed by atoms with Crippen molar-refractivity contribution in [1.82, 2.24) is 9.97 Å². The Morgan fingerprint density at radius 1 is 1.33 bits per heavy atom. The third-order valence-electron chi connectivity index (χ3n) is 1.71. The van der Waals surface area contributed by atoms with Crippen molar-refractivity contribution >= 4 is 17.3 Å². The highest BCUT2D eigenvalue weighted by atomic mass is 35.5. The van der Waals surface area contributed by atoms with Crippen molar-refractivity contribution in [3.63, 3.8) is 0 Å². The van der Waals surface area contributed by atoms with Crippen molar-refractivity contribution in [2.75, 3.05) is 5.73 Å². The Balaban J connectivity index is 2.26. The summed E-state index contributed by atoms with van der Waals surface area (Å²) in [6.07, 6.45) is 2.85. The molecule has 0 spiro atoms. The average Bonchev–Trinajstić information content (AvgIpc) is 2.22. The molecule has 0 atom stereocenters. The minimum absolute atomic E-state index is 0.326. The van der Waals surface area contributed by atoms with Crippen molar-refractivity contribution in [3.8, 4) is 11.6 Å². The number of hydrogen-bond acceptors (Lipinski definition) is 4. The van der Waals surface area contributed by atoms with Crippen LogP contribution in [0.2, 0.25) is 5.02 Å². The summed E-state index contributed by atoms with van der Waals surface area (Å²) in [5.41, 5.74) is 6.01. The van der Waals surface area contributed by atoms with Gasteiger partial charge in [0.15, 0.2) is 0 Å². The molecule has 4 nitrogen and oxygen atoms in total. The molecule has 2 N–H and O–H groups in total. The maximum absolute atomic E-state index is 5.81. The molecule has 2 aromatic rings. The van der Waals surface area contributed by atoms with Crippen molar-refractivity contribution in [3.05, 3.63) is 41.8 Å². The number of nitrogens with two attached hydrogens (primary N) is 1. The smallest absolute Gasteiger partial charge is 0.245 e. The maximum Gasteiger partial charge on any atom is 0.245 e. The second-order valence-electron chi connectivity index (χ2n) is 2.84. The third kappa shape index (κ3) is 2.35. The molecule has 0 bridgehead atoms. The van der Waals surface area contributed by atoms with Gasteiger partial charge in [0.25, 0.3) is 0 Å². The molecule has 15 heavy (non-hydrogen) atoms. The molecule has 0 fully saturated rings. The molecule has 1 aromatic heterocycles. The SMILES string of the molecule is Nc1cncnc1Oc1cccc(Cl)c1. The van der Waals surface area contributed by atoms with E-state index < -0.39 is 0 Å². The van der Waals surface area contributed by atoms with Crippen LogP contribution in [0.25, 0.3) is 0 Å². The number of aromatic nitrogens is 2. The fraction of sp³-hybridized carbons (Fsp3) is 0. The maximum atomic E-state index is 5.81. The van der Waals surface area contributed by atoms with Gasteiger partial charge in [-0.05, 0) is 18.2 Å². The van der Waals surface area contributed by atoms with Gasteiger partial charge in [-0.25, -0.2) is 4.98 Å². The standard InChI is InChI=1S/C10H8ClN3O/c11-7-2-1-3-8(4-7)15-10-9(12)5-13-6-14-10/h1-6H,12H2. The van der Waals surface area contributed by atoms with E-state index in [1.807, 2.05) is 0 Å². The van der Waals surface area contributed by atoms with Crippen LogP contribution in [0.5, 0.6) is 11.6 Å². The van der Waals surface area contributed by atoms with Gasteiger partial charge in [0.1, 0.15) is 17.8 Å². The summed E-state index contributed by atoms with van der Waals surface area (Å²) in [5.74, 6) is 0.917. The molecule has 76 valence electrons. The van der Waals surface area contributed by atoms with Gasteiger partial charge in [-0.15, -0.1) is 0 Å². The molecule has 0 saturated heterocycles. The molecular weight excluding hydrogens is 214 g/mol. The van der Waals surface area contributed by atoms with Crippen molar-refractivity contribution in [2.45, 2.75) is 0 Å². The van der Waals surface area contributed by atoms with E-state index in [1.165, 1.54) is 12.5 Å². The van der Waals surface area contributed by atoms with E-state index in [0.717, 1.165) is 0 Å². The lowest BCUT2D eigenvalue weighted by Gasteiger charge is -2.05. The molecule has 1 heterocycles. The van der Waals surface area contributed by atoms with Gasteiger partial charge in [0.05, 0.1) is 6.20 Å². The zero-order valence-corrected chi connectivity index (χ0v) is 8.48. The van der Waals surface area contributed by atoms with E-state index in [9.17, 15) is 0 Å². The van der Waals surface area contributed by atoms with Crippen LogP contribution in [0.3, 0.4) is 0 Å². The molecule has 2 rings (SSSR count). The van der Waals surface area contributed by atoms with E-state index in [4.69, 9.17) is 22.1 Å². The monoisotopic (exact) mass is 221 g/mol. The summed E-state index contributed by atoms with van der Waals surface area (Å²) in [5, 5.41) is 0.597. The van der Waals surface area contributed by atoms with Crippen LogP contribution in [0, 0.1) is 0 Å². The summed E-state index contributed by atoms with van der Waals surface area (Å²) < 4.78 is 5.43. The van der Waals surface area contributed by atoms with E-state index >= 15 is 0 Å². The number of hydrogen-bond donors (Lipinski definition) is 1. The second kappa shape index (κ2) is 4.14. The molecule has 0 unspecified atom stereocenters. The summed E-state index contributed by atoms with van der Waals surface area (Å²) in [6.45, 7) is 0. The van der Waals surface area contributed by atoms with E-state index in [2.05, 4.69) is 9.97 Å². The lowest BCUT2D eigenvalue weighted by molar-refractivity contribution is 0.464. The zero-order chi connectivity index (χ0) is 10.7. The number of rotatable bonds is 2. The van der Waals surface area contributed by atoms with Crippen LogP contribution >= 0.6 is 11.6 Å². The minimum Gasteiger partial charge on any atom is -0.437 e. The van der Waals surface area contributed by atoms with Crippen LogP contribution in [-0.4, -0.2) is 9.97 Å². The quantitative estimate of drug-likeness (QED) is 0.847. The Hall–Kier alpha value is -1.81. The summed E-state index contributed by atoms with van der Waals surface area (Å²) in [6, 6.07) is 7.00. The van der Waals surface area contributed by atoms with Crippen LogP contribution in [-0.2, 0) is 0 Å². The highest BCUT2D eigenvalue weighted by Crippen LogP contribution is 2.25. The van der Waals surface area contributed by atoms with Gasteiger partial charge in [-0.3, -0.25) is 0 Å². The Bertz CT molecular complexity index is 476. The van der Waals surface area contributed by atoms with E-state index in [1.54, 1.807) is 24.3 Å². The minimum atomic E-state index is 0.326. The predicted octanol–water partition coefficient (Wildman–Crippen LogP) is 2.50. The Kier molecular flexibility index (Phi) is 2.69. The number of benzene rings is 1. The Morgan fingerprint density at radius 2 is 2.20 bits per heavy atom. The van der Waals surface area contributed by atoms with Crippen LogP contribution in [0.15, 0.2) is 36.8 Å². The van der Waals surface area contributed by atoms with Crippen LogP contribution in [0.1, 0.15) is 0 Å². The normalized spacial score (nSPS) is 9.93. The Labute approximate surface area is 91.7 Å². The second-order valence-corrected chi connectivity index (χ2v) is 3.28. The number of halogens is 1. The predicted molar refractivity (Wildman–Crippen MR) is 58.0 cm³/mol. The first kappa shape index (κ1) is 9.73. The van der Waals surface area contributed by atoms with Crippen molar-refractivity contribution < 1.29 is 4.74 Å². The summed E-state index contributed by atoms with van der Waals surface area (Å²) in [7, 11) is 0. The molecule has 0 amide bonds. The highest BCUT2D eigenvalue weighted by Gasteiger charge is 2.03. The zero-order valence-electron chi connectivity index (χ0n) is 7.72. The highest BCUT2D eigenvalue weighted by molar-refractivity contribution is 6.30. The molecule has 0 aliphatic carbocycles. The van der Waals surface area contributed by atoms with Gasteiger partial charge in [-0.2, -0.15) is 4.98 Å². The molecule has 1 aromatic carbocycles. The fourth-order valence-corrected chi connectivity index (χ4v) is 1.24. The van der Waals surface area contributed by atoms with Gasteiger partial charge < -0.3 is 10.5 Å². The molecule has 0 aliphatic heterocycles. The molecule has 0 aliphatic rings. The largest absolute Gasteiger partial charge is 0.437 e. The molecule has 5 heteroatoms. The number of ether oxygens (including phenoxy) is 1. The topological polar surface area (TPSA) is 61.0 Å². The van der Waals surface area contributed by atoms with Gasteiger partial charge in [0, 0.05) is 5.02 Å². The summed E-state index contributed by atoms with van der Waals surface area (Å²) >= 11 is 5.81. The molecular formula is C10H8ClN3O. The number of anilines is 1. The third-order valence-corrected chi connectivity index (χ3v) is 1.95. The average molecular weight is 222 g/mol. The number of nitrogens with zero attached hydrogens (tertiary/aromatic N) is 2. The van der Waals surface area contributed by atoms with Crippen molar-refractivity contribution in [2.24, 2.45) is 0 Å². The summed E-state index contributed by atoms with van der Waals surface area (Å²) in [4.78, 5) is 7.66. The van der Waals surface area contributed by atoms with Crippen molar-refractivity contribution in [1.29, 1.82) is 0 Å². The van der Waals surface area contributed by atoms with Gasteiger partial charge >= 0.3 is 0 Å². The first-order valence-corrected chi connectivity index (χ1v) is 4.62. The first-order valence-electron chi connectivity index (χ1n) is 4.24. The lowest BCUT2D eigenvalue weighted by Crippen LogP contribution is -1.95. The first-order chi connectivity index (χ1) is 7.25. The fourth-order valence-electron chi connectivity index (χ4n) is 1.06. The lowest BCUT2D eigenvalue weighted by atomic mass is 10.3. The van der Waals surface area contributed by atoms with E-state index in [0.29, 0.717) is 22.3 Å². The number of nitrogen functional groups attached to an aromatic ring is 1. The van der Waals surface area contributed by atoms with Gasteiger partial charge in [-0.1, -0.05) is 17.7 Å². The Morgan fingerprint density at radius 3 is 2.93 bits per heavy atom. The van der Waals surface area contributed by atoms with Gasteiger partial charge in [0.2, 0.25) is 5.88 Å². The van der Waals surface area contributed by atoms with Crippen LogP contribution < -0.4 is 10.5 Å². The van der Waals surface area contributed by atoms with E-state index in [-0.39, 0.29) is 0 Å². The van der Waals surface area contributed by atoms with Crippen LogP contribution in [0.4, 0.5) is 5.69 Å². The molecule has 0 radical (unpaired) electrons.